The molecule has 0 saturated carbocycles. The largest absolute Gasteiger partial charge is 0.497 e. The van der Waals surface area contributed by atoms with Gasteiger partial charge in [0.25, 0.3) is 0 Å². The number of ether oxygens (including phenoxy) is 1. The molecule has 0 saturated heterocycles. The first-order chi connectivity index (χ1) is 10.2. The van der Waals surface area contributed by atoms with E-state index in [0.29, 0.717) is 0 Å². The first kappa shape index (κ1) is 15.8. The van der Waals surface area contributed by atoms with Crippen LogP contribution in [0.1, 0.15) is 12.5 Å². The molecule has 0 aliphatic rings. The Balaban J connectivity index is 2.38. The van der Waals surface area contributed by atoms with Gasteiger partial charge < -0.3 is 10.5 Å². The summed E-state index contributed by atoms with van der Waals surface area (Å²) < 4.78 is 5.25. The van der Waals surface area contributed by atoms with Gasteiger partial charge >= 0.3 is 0 Å². The lowest BCUT2D eigenvalue weighted by atomic mass is 10.2. The van der Waals surface area contributed by atoms with E-state index in [2.05, 4.69) is 6.92 Å². The summed E-state index contributed by atoms with van der Waals surface area (Å²) >= 11 is 3.30. The maximum atomic E-state index is 7.87. The Hall–Kier alpha value is -1.59. The molecule has 0 amide bonds. The minimum atomic E-state index is 0.108. The second kappa shape index (κ2) is 7.43. The third kappa shape index (κ3) is 3.95. The van der Waals surface area contributed by atoms with Gasteiger partial charge in [0, 0.05) is 20.2 Å². The predicted molar refractivity (Wildman–Crippen MR) is 91.0 cm³/mol. The molecule has 21 heavy (non-hydrogen) atoms. The highest BCUT2D eigenvalue weighted by molar-refractivity contribution is 8.00. The first-order valence-corrected chi connectivity index (χ1v) is 8.38. The number of nitrogens with one attached hydrogen (secondary N) is 1. The van der Waals surface area contributed by atoms with Gasteiger partial charge in [-0.3, -0.25) is 5.41 Å². The minimum Gasteiger partial charge on any atom is -0.497 e. The third-order valence-electron chi connectivity index (χ3n) is 2.83. The van der Waals surface area contributed by atoms with Gasteiger partial charge in [0.15, 0.2) is 0 Å². The SMILES string of the molecule is CCSc1cccc(Sc2cccc(OC)c2)c1C(=N)N. The van der Waals surface area contributed by atoms with E-state index < -0.39 is 0 Å². The maximum Gasteiger partial charge on any atom is 0.125 e. The molecule has 0 radical (unpaired) electrons. The molecule has 0 atom stereocenters. The summed E-state index contributed by atoms with van der Waals surface area (Å²) in [6.07, 6.45) is 0. The van der Waals surface area contributed by atoms with Crippen molar-refractivity contribution in [2.45, 2.75) is 21.6 Å². The number of nitrogens with two attached hydrogens (primary N) is 1. The van der Waals surface area contributed by atoms with Crippen LogP contribution >= 0.6 is 23.5 Å². The molecule has 3 N–H and O–H groups in total. The van der Waals surface area contributed by atoms with Crippen molar-refractivity contribution in [2.24, 2.45) is 5.73 Å². The van der Waals surface area contributed by atoms with Crippen molar-refractivity contribution in [3.05, 3.63) is 48.0 Å². The van der Waals surface area contributed by atoms with Crippen molar-refractivity contribution in [3.63, 3.8) is 0 Å². The summed E-state index contributed by atoms with van der Waals surface area (Å²) in [7, 11) is 1.66. The quantitative estimate of drug-likeness (QED) is 0.475. The summed E-state index contributed by atoms with van der Waals surface area (Å²) in [5.74, 6) is 1.88. The molecule has 0 fully saturated rings. The van der Waals surface area contributed by atoms with E-state index in [0.717, 1.165) is 31.8 Å². The van der Waals surface area contributed by atoms with Gasteiger partial charge in [0.2, 0.25) is 0 Å². The van der Waals surface area contributed by atoms with Crippen molar-refractivity contribution in [2.75, 3.05) is 12.9 Å². The van der Waals surface area contributed by atoms with Crippen molar-refractivity contribution in [1.29, 1.82) is 5.41 Å². The van der Waals surface area contributed by atoms with Gasteiger partial charge in [-0.05, 0) is 36.1 Å². The minimum absolute atomic E-state index is 0.108. The fourth-order valence-corrected chi connectivity index (χ4v) is 3.89. The fraction of sp³-hybridized carbons (Fsp3) is 0.188. The number of methoxy groups -OCH3 is 1. The van der Waals surface area contributed by atoms with Gasteiger partial charge in [0.05, 0.1) is 7.11 Å². The number of amidine groups is 1. The normalized spacial score (nSPS) is 10.4. The number of thioether (sulfide) groups is 1. The number of nitrogen functional groups attached to an aromatic ring is 1. The summed E-state index contributed by atoms with van der Waals surface area (Å²) in [5, 5.41) is 7.87. The van der Waals surface area contributed by atoms with Crippen LogP contribution in [-0.2, 0) is 0 Å². The lowest BCUT2D eigenvalue weighted by Gasteiger charge is -2.13. The van der Waals surface area contributed by atoms with Crippen molar-refractivity contribution < 1.29 is 4.74 Å². The fourth-order valence-electron chi connectivity index (χ4n) is 1.93. The molecule has 0 aromatic heterocycles. The van der Waals surface area contributed by atoms with Crippen molar-refractivity contribution in [3.8, 4) is 5.75 Å². The highest BCUT2D eigenvalue weighted by atomic mass is 32.2. The molecule has 2 rings (SSSR count). The molecule has 110 valence electrons. The Bertz CT molecular complexity index is 644. The Morgan fingerprint density at radius 2 is 1.90 bits per heavy atom. The first-order valence-electron chi connectivity index (χ1n) is 6.57. The highest BCUT2D eigenvalue weighted by Gasteiger charge is 2.12. The molecule has 3 nitrogen and oxygen atoms in total. The van der Waals surface area contributed by atoms with Crippen LogP contribution in [0.2, 0.25) is 0 Å². The van der Waals surface area contributed by atoms with Gasteiger partial charge in [-0.25, -0.2) is 0 Å². The monoisotopic (exact) mass is 318 g/mol. The molecule has 2 aromatic carbocycles. The van der Waals surface area contributed by atoms with E-state index in [1.807, 2.05) is 42.5 Å². The topological polar surface area (TPSA) is 59.1 Å². The average molecular weight is 318 g/mol. The Labute approximate surface area is 133 Å². The zero-order chi connectivity index (χ0) is 15.2. The van der Waals surface area contributed by atoms with Crippen LogP contribution in [0, 0.1) is 5.41 Å². The van der Waals surface area contributed by atoms with Crippen LogP contribution in [0.3, 0.4) is 0 Å². The maximum absolute atomic E-state index is 7.87. The van der Waals surface area contributed by atoms with Crippen LogP contribution in [0.25, 0.3) is 0 Å². The van der Waals surface area contributed by atoms with Crippen LogP contribution in [0.4, 0.5) is 0 Å². The smallest absolute Gasteiger partial charge is 0.125 e. The van der Waals surface area contributed by atoms with Crippen LogP contribution in [0.5, 0.6) is 5.75 Å². The van der Waals surface area contributed by atoms with E-state index in [-0.39, 0.29) is 5.84 Å². The zero-order valence-electron chi connectivity index (χ0n) is 12.1. The van der Waals surface area contributed by atoms with Crippen molar-refractivity contribution >= 4 is 29.4 Å². The van der Waals surface area contributed by atoms with Gasteiger partial charge in [0.1, 0.15) is 11.6 Å². The van der Waals surface area contributed by atoms with Gasteiger partial charge in [-0.15, -0.1) is 11.8 Å². The lowest BCUT2D eigenvalue weighted by Crippen LogP contribution is -2.13. The molecule has 0 bridgehead atoms. The molecule has 2 aromatic rings. The number of hydrogen-bond acceptors (Lipinski definition) is 4. The number of hydrogen-bond donors (Lipinski definition) is 2. The van der Waals surface area contributed by atoms with E-state index >= 15 is 0 Å². The van der Waals surface area contributed by atoms with E-state index in [1.165, 1.54) is 0 Å². The molecular weight excluding hydrogens is 300 g/mol. The standard InChI is InChI=1S/C16H18N2OS2/c1-3-20-13-8-5-9-14(15(13)16(17)18)21-12-7-4-6-11(10-12)19-2/h4-10H,3H2,1-2H3,(H3,17,18). The molecule has 0 unspecified atom stereocenters. The van der Waals surface area contributed by atoms with E-state index in [1.54, 1.807) is 30.6 Å². The second-order valence-electron chi connectivity index (χ2n) is 4.26. The van der Waals surface area contributed by atoms with Crippen LogP contribution < -0.4 is 10.5 Å². The molecule has 0 spiro atoms. The summed E-state index contributed by atoms with van der Waals surface area (Å²) in [5.41, 5.74) is 6.60. The molecule has 0 aliphatic heterocycles. The molecular formula is C16H18N2OS2. The van der Waals surface area contributed by atoms with Crippen LogP contribution in [-0.4, -0.2) is 18.7 Å². The Kier molecular flexibility index (Phi) is 5.59. The second-order valence-corrected chi connectivity index (χ2v) is 6.68. The highest BCUT2D eigenvalue weighted by Crippen LogP contribution is 2.36. The van der Waals surface area contributed by atoms with Crippen LogP contribution in [0.15, 0.2) is 57.2 Å². The number of rotatable bonds is 6. The van der Waals surface area contributed by atoms with E-state index in [4.69, 9.17) is 15.9 Å². The molecule has 0 heterocycles. The average Bonchev–Trinajstić information content (AvgIpc) is 2.47. The Morgan fingerprint density at radius 1 is 1.19 bits per heavy atom. The van der Waals surface area contributed by atoms with E-state index in [9.17, 15) is 0 Å². The number of benzene rings is 2. The predicted octanol–water partition coefficient (Wildman–Crippen LogP) is 4.24. The summed E-state index contributed by atoms with van der Waals surface area (Å²) in [6, 6.07) is 13.9. The Morgan fingerprint density at radius 3 is 2.57 bits per heavy atom. The summed E-state index contributed by atoms with van der Waals surface area (Å²) in [4.78, 5) is 3.11. The van der Waals surface area contributed by atoms with Gasteiger partial charge in [-0.2, -0.15) is 0 Å². The lowest BCUT2D eigenvalue weighted by molar-refractivity contribution is 0.413. The molecule has 5 heteroatoms. The zero-order valence-corrected chi connectivity index (χ0v) is 13.7. The van der Waals surface area contributed by atoms with Crippen molar-refractivity contribution in [1.82, 2.24) is 0 Å². The summed E-state index contributed by atoms with van der Waals surface area (Å²) in [6.45, 7) is 2.09. The third-order valence-corrected chi connectivity index (χ3v) is 4.82. The molecule has 0 aliphatic carbocycles. The van der Waals surface area contributed by atoms with Gasteiger partial charge in [-0.1, -0.05) is 30.8 Å².